The molecule has 256 valence electrons. The molecule has 0 aromatic heterocycles. The van der Waals surface area contributed by atoms with E-state index in [1.807, 2.05) is 0 Å². The van der Waals surface area contributed by atoms with Crippen LogP contribution in [0.1, 0.15) is 116 Å². The molecule has 0 N–H and O–H groups in total. The van der Waals surface area contributed by atoms with E-state index in [-0.39, 0.29) is 0 Å². The van der Waals surface area contributed by atoms with Crippen molar-refractivity contribution in [1.82, 2.24) is 0 Å². The highest BCUT2D eigenvalue weighted by Gasteiger charge is 2.81. The summed E-state index contributed by atoms with van der Waals surface area (Å²) in [5.41, 5.74) is 2.03. The van der Waals surface area contributed by atoms with Gasteiger partial charge in [0.15, 0.2) is 23.1 Å². The van der Waals surface area contributed by atoms with E-state index >= 15 is 0 Å². The molecule has 2 aromatic rings. The number of rotatable bonds is 7. The van der Waals surface area contributed by atoms with Crippen LogP contribution in [0.15, 0.2) is 48.5 Å². The third kappa shape index (κ3) is 4.14. The molecule has 8 bridgehead atoms. The Hall–Kier alpha value is -0.940. The topological polar surface area (TPSA) is 55.4 Å². The van der Waals surface area contributed by atoms with Gasteiger partial charge in [-0.1, -0.05) is 55.5 Å². The van der Waals surface area contributed by atoms with Crippen molar-refractivity contribution in [3.05, 3.63) is 70.8 Å². The molecule has 47 heavy (non-hydrogen) atoms. The van der Waals surface area contributed by atoms with Crippen LogP contribution in [0.2, 0.25) is 0 Å². The molecule has 8 fully saturated rings. The van der Waals surface area contributed by atoms with E-state index in [9.17, 15) is 0 Å². The molecule has 0 radical (unpaired) electrons. The first-order chi connectivity index (χ1) is 21.8. The molecule has 0 aliphatic carbocycles. The summed E-state index contributed by atoms with van der Waals surface area (Å²) in [7, 11) is 6.26. The zero-order valence-electron chi connectivity index (χ0n) is 29.8. The molecular weight excluding hydrogens is 626 g/mol. The van der Waals surface area contributed by atoms with Gasteiger partial charge in [-0.25, -0.2) is 0 Å². The monoisotopic (exact) mass is 680 g/mol. The molecule has 6 nitrogen and oxygen atoms in total. The first-order valence-electron chi connectivity index (χ1n) is 17.6. The van der Waals surface area contributed by atoms with E-state index in [1.165, 1.54) is 22.3 Å². The highest BCUT2D eigenvalue weighted by atomic mass is 31.0. The van der Waals surface area contributed by atoms with E-state index in [0.717, 1.165) is 18.7 Å². The van der Waals surface area contributed by atoms with Crippen molar-refractivity contribution in [2.75, 3.05) is 12.3 Å². The second-order valence-corrected chi connectivity index (χ2v) is 18.2. The largest absolute Gasteiger partial charge is 0.343 e. The van der Waals surface area contributed by atoms with Gasteiger partial charge in [-0.15, -0.1) is 18.5 Å². The fraction of sp³-hybridized carbons (Fsp3) is 0.692. The van der Waals surface area contributed by atoms with Gasteiger partial charge in [-0.2, -0.15) is 0 Å². The molecule has 8 aliphatic rings. The van der Waals surface area contributed by atoms with Crippen LogP contribution in [-0.4, -0.2) is 57.9 Å². The molecule has 8 heteroatoms. The lowest BCUT2D eigenvalue weighted by atomic mass is 9.46. The van der Waals surface area contributed by atoms with Crippen molar-refractivity contribution in [3.63, 3.8) is 0 Å². The SMILES string of the molecule is CC(Cc1ccc(C2(CP)C3(C)CC4(C)OC(C)(CC2(C)O4)O3)c(C2(CP)C3(C)CC4(C)OC(C)(CC2(C)O4)O3)c1)c1ccccc1. The van der Waals surface area contributed by atoms with Crippen LogP contribution in [0.4, 0.5) is 0 Å². The number of hydrogen-bond donors (Lipinski definition) is 0. The normalized spacial score (nSPS) is 51.5. The summed E-state index contributed by atoms with van der Waals surface area (Å²) in [5, 5.41) is 0. The van der Waals surface area contributed by atoms with E-state index in [2.05, 4.69) is 129 Å². The molecule has 0 spiro atoms. The zero-order chi connectivity index (χ0) is 33.7. The van der Waals surface area contributed by atoms with E-state index in [1.54, 1.807) is 0 Å². The Kier molecular flexibility index (Phi) is 6.84. The third-order valence-electron chi connectivity index (χ3n) is 13.4. The average Bonchev–Trinajstić information content (AvgIpc) is 2.90. The Bertz CT molecular complexity index is 1540. The van der Waals surface area contributed by atoms with Gasteiger partial charge in [0.2, 0.25) is 0 Å². The van der Waals surface area contributed by atoms with Crippen molar-refractivity contribution in [1.29, 1.82) is 0 Å². The summed E-state index contributed by atoms with van der Waals surface area (Å²) < 4.78 is 41.7. The van der Waals surface area contributed by atoms with E-state index in [4.69, 9.17) is 28.4 Å². The van der Waals surface area contributed by atoms with Crippen LogP contribution >= 0.6 is 18.5 Å². The zero-order valence-corrected chi connectivity index (χ0v) is 32.1. The molecular formula is C39H54O6P2. The van der Waals surface area contributed by atoms with E-state index in [0.29, 0.717) is 31.6 Å². The molecule has 8 saturated heterocycles. The van der Waals surface area contributed by atoms with Crippen molar-refractivity contribution >= 4 is 18.5 Å². The predicted molar refractivity (Wildman–Crippen MR) is 190 cm³/mol. The fourth-order valence-electron chi connectivity index (χ4n) is 12.8. The summed E-state index contributed by atoms with van der Waals surface area (Å²) in [4.78, 5) is 0. The first-order valence-corrected chi connectivity index (χ1v) is 19.2. The summed E-state index contributed by atoms with van der Waals surface area (Å²) >= 11 is 0. The summed E-state index contributed by atoms with van der Waals surface area (Å²) in [6.07, 6.45) is 5.05. The van der Waals surface area contributed by atoms with Crippen LogP contribution in [0.25, 0.3) is 0 Å². The number of benzene rings is 2. The van der Waals surface area contributed by atoms with Crippen LogP contribution in [0.5, 0.6) is 0 Å². The number of hydrogen-bond acceptors (Lipinski definition) is 6. The Morgan fingerprint density at radius 3 is 1.36 bits per heavy atom. The minimum absolute atomic E-state index is 0.362. The maximum absolute atomic E-state index is 7.19. The molecule has 11 atom stereocenters. The third-order valence-corrected chi connectivity index (χ3v) is 14.6. The maximum atomic E-state index is 7.19. The van der Waals surface area contributed by atoms with Gasteiger partial charge in [0.25, 0.3) is 0 Å². The Morgan fingerprint density at radius 2 is 0.957 bits per heavy atom. The molecule has 0 amide bonds. The van der Waals surface area contributed by atoms with Gasteiger partial charge in [0.1, 0.15) is 0 Å². The van der Waals surface area contributed by atoms with Gasteiger partial charge >= 0.3 is 0 Å². The Morgan fingerprint density at radius 1 is 0.553 bits per heavy atom. The highest BCUT2D eigenvalue weighted by molar-refractivity contribution is 7.16. The van der Waals surface area contributed by atoms with Crippen molar-refractivity contribution in [2.24, 2.45) is 0 Å². The van der Waals surface area contributed by atoms with Gasteiger partial charge in [0.05, 0.1) is 33.2 Å². The van der Waals surface area contributed by atoms with Gasteiger partial charge in [0, 0.05) is 25.7 Å². The molecule has 0 saturated carbocycles. The smallest absolute Gasteiger partial charge is 0.172 e. The van der Waals surface area contributed by atoms with E-state index < -0.39 is 56.4 Å². The molecule has 11 unspecified atom stereocenters. The van der Waals surface area contributed by atoms with Crippen LogP contribution < -0.4 is 0 Å². The predicted octanol–water partition coefficient (Wildman–Crippen LogP) is 7.90. The minimum atomic E-state index is -0.719. The van der Waals surface area contributed by atoms with Crippen LogP contribution in [0, 0.1) is 0 Å². The van der Waals surface area contributed by atoms with Gasteiger partial charge in [-0.3, -0.25) is 0 Å². The van der Waals surface area contributed by atoms with Crippen molar-refractivity contribution in [3.8, 4) is 0 Å². The second-order valence-electron chi connectivity index (χ2n) is 17.4. The number of ether oxygens (including phenoxy) is 6. The fourth-order valence-corrected chi connectivity index (χ4v) is 14.9. The lowest BCUT2D eigenvalue weighted by Crippen LogP contribution is -2.85. The quantitative estimate of drug-likeness (QED) is 0.277. The lowest BCUT2D eigenvalue weighted by Gasteiger charge is -2.77. The molecule has 10 rings (SSSR count). The average molecular weight is 681 g/mol. The summed E-state index contributed by atoms with van der Waals surface area (Å²) in [6.45, 7) is 20.0. The van der Waals surface area contributed by atoms with Crippen LogP contribution in [-0.2, 0) is 45.7 Å². The van der Waals surface area contributed by atoms with Crippen molar-refractivity contribution < 1.29 is 28.4 Å². The molecule has 2 aromatic carbocycles. The highest BCUT2D eigenvalue weighted by Crippen LogP contribution is 2.72. The minimum Gasteiger partial charge on any atom is -0.343 e. The van der Waals surface area contributed by atoms with Gasteiger partial charge in [-0.05, 0) is 102 Å². The Labute approximate surface area is 286 Å². The van der Waals surface area contributed by atoms with Gasteiger partial charge < -0.3 is 28.4 Å². The second kappa shape index (κ2) is 9.68. The maximum Gasteiger partial charge on any atom is 0.172 e. The van der Waals surface area contributed by atoms with Crippen LogP contribution in [0.3, 0.4) is 0 Å². The van der Waals surface area contributed by atoms with Crippen molar-refractivity contribution in [2.45, 2.75) is 157 Å². The summed E-state index contributed by atoms with van der Waals surface area (Å²) in [5.74, 6) is -2.50. The molecule has 8 aliphatic heterocycles. The lowest BCUT2D eigenvalue weighted by molar-refractivity contribution is -0.534. The first kappa shape index (κ1) is 33.2. The standard InChI is InChI=1S/C39H54O6P2/c1-25(27-13-11-10-12-14-27)17-26-15-16-28(38(23-46)30(2)19-34(6)41-31(38,3)20-35(7,40-30)44-34)29(18-26)39(24-47)32(4)21-36(8)43-33(39,5)22-37(9,42-32)45-36/h10-16,18,25H,17,19-24,46-47H2,1-9H3. The Balaban J connectivity index is 1.38. The summed E-state index contributed by atoms with van der Waals surface area (Å²) in [6, 6.07) is 18.1. The molecule has 8 heterocycles.